The van der Waals surface area contributed by atoms with E-state index in [1.807, 2.05) is 0 Å². The SMILES string of the molecule is O=C(/C=C/c1ccccc1OC(=O)c1ccccc1)Oc1ccccc1/C=N/NC(=O)c1ccc(Cl)cc1. The van der Waals surface area contributed by atoms with Crippen LogP contribution in [0.4, 0.5) is 0 Å². The lowest BCUT2D eigenvalue weighted by Gasteiger charge is -2.08. The average molecular weight is 525 g/mol. The summed E-state index contributed by atoms with van der Waals surface area (Å²) in [6.45, 7) is 0. The summed E-state index contributed by atoms with van der Waals surface area (Å²) in [6, 6.07) is 28.5. The Morgan fingerprint density at radius 3 is 2.00 bits per heavy atom. The topological polar surface area (TPSA) is 94.1 Å². The molecule has 188 valence electrons. The first-order valence-corrected chi connectivity index (χ1v) is 11.8. The van der Waals surface area contributed by atoms with Crippen LogP contribution in [0, 0.1) is 0 Å². The van der Waals surface area contributed by atoms with Gasteiger partial charge in [0, 0.05) is 27.8 Å². The number of nitrogens with one attached hydrogen (secondary N) is 1. The highest BCUT2D eigenvalue weighted by Gasteiger charge is 2.11. The summed E-state index contributed by atoms with van der Waals surface area (Å²) in [6.07, 6.45) is 4.10. The van der Waals surface area contributed by atoms with Gasteiger partial charge in [0.05, 0.1) is 11.8 Å². The molecular weight excluding hydrogens is 504 g/mol. The molecule has 0 radical (unpaired) electrons. The quantitative estimate of drug-likeness (QED) is 0.101. The van der Waals surface area contributed by atoms with Crippen molar-refractivity contribution < 1.29 is 23.9 Å². The number of carbonyl (C=O) groups is 3. The van der Waals surface area contributed by atoms with Crippen molar-refractivity contribution in [1.82, 2.24) is 5.43 Å². The number of esters is 2. The second-order valence-corrected chi connectivity index (χ2v) is 8.23. The van der Waals surface area contributed by atoms with Crippen molar-refractivity contribution in [3.63, 3.8) is 0 Å². The molecule has 0 unspecified atom stereocenters. The first-order chi connectivity index (χ1) is 18.5. The van der Waals surface area contributed by atoms with Crippen molar-refractivity contribution in [2.45, 2.75) is 0 Å². The summed E-state index contributed by atoms with van der Waals surface area (Å²) < 4.78 is 11.0. The second kappa shape index (κ2) is 12.8. The van der Waals surface area contributed by atoms with Gasteiger partial charge in [0.2, 0.25) is 0 Å². The maximum atomic E-state index is 12.5. The predicted molar refractivity (Wildman–Crippen MR) is 145 cm³/mol. The van der Waals surface area contributed by atoms with E-state index in [9.17, 15) is 14.4 Å². The molecular formula is C30H21ClN2O5. The van der Waals surface area contributed by atoms with Crippen LogP contribution in [0.25, 0.3) is 6.08 Å². The Labute approximate surface area is 224 Å². The number of benzene rings is 4. The molecule has 1 N–H and O–H groups in total. The summed E-state index contributed by atoms with van der Waals surface area (Å²) in [4.78, 5) is 37.2. The zero-order chi connectivity index (χ0) is 26.7. The van der Waals surface area contributed by atoms with E-state index in [-0.39, 0.29) is 5.75 Å². The molecule has 0 heterocycles. The fraction of sp³-hybridized carbons (Fsp3) is 0. The van der Waals surface area contributed by atoms with Crippen molar-refractivity contribution in [1.29, 1.82) is 0 Å². The number of hydrogen-bond donors (Lipinski definition) is 1. The minimum absolute atomic E-state index is 0.246. The van der Waals surface area contributed by atoms with Gasteiger partial charge in [-0.15, -0.1) is 0 Å². The predicted octanol–water partition coefficient (Wildman–Crippen LogP) is 5.94. The Kier molecular flexibility index (Phi) is 8.78. The van der Waals surface area contributed by atoms with Crippen LogP contribution in [0.5, 0.6) is 11.5 Å². The zero-order valence-electron chi connectivity index (χ0n) is 19.9. The maximum Gasteiger partial charge on any atom is 0.343 e. The molecule has 8 heteroatoms. The standard InChI is InChI=1S/C30H21ClN2O5/c31-25-17-14-22(15-18-25)29(35)33-32-20-24-11-5-7-13-27(24)37-28(34)19-16-21-8-4-6-12-26(21)38-30(36)23-9-2-1-3-10-23/h1-20H,(H,33,35)/b19-16+,32-20+. The highest BCUT2D eigenvalue weighted by atomic mass is 35.5. The van der Waals surface area contributed by atoms with Gasteiger partial charge in [0.15, 0.2) is 0 Å². The molecule has 4 aromatic carbocycles. The lowest BCUT2D eigenvalue weighted by atomic mass is 10.2. The summed E-state index contributed by atoms with van der Waals surface area (Å²) in [5.74, 6) is -1.03. The van der Waals surface area contributed by atoms with Crippen LogP contribution in [0.3, 0.4) is 0 Å². The van der Waals surface area contributed by atoms with Gasteiger partial charge in [-0.05, 0) is 60.7 Å². The molecule has 0 saturated heterocycles. The second-order valence-electron chi connectivity index (χ2n) is 7.79. The van der Waals surface area contributed by atoms with Gasteiger partial charge in [-0.2, -0.15) is 5.10 Å². The molecule has 38 heavy (non-hydrogen) atoms. The highest BCUT2D eigenvalue weighted by molar-refractivity contribution is 6.30. The molecule has 0 atom stereocenters. The molecule has 4 rings (SSSR count). The summed E-state index contributed by atoms with van der Waals surface area (Å²) in [5, 5.41) is 4.47. The average Bonchev–Trinajstić information content (AvgIpc) is 2.94. The number of hydrogen-bond acceptors (Lipinski definition) is 6. The lowest BCUT2D eigenvalue weighted by molar-refractivity contribution is -0.128. The third-order valence-corrected chi connectivity index (χ3v) is 5.39. The molecule has 0 spiro atoms. The lowest BCUT2D eigenvalue weighted by Crippen LogP contribution is -2.17. The number of para-hydroxylation sites is 2. The molecule has 0 bridgehead atoms. The fourth-order valence-corrected chi connectivity index (χ4v) is 3.38. The Hall–Kier alpha value is -5.01. The normalized spacial score (nSPS) is 10.9. The third-order valence-electron chi connectivity index (χ3n) is 5.14. The van der Waals surface area contributed by atoms with Crippen LogP contribution in [0.2, 0.25) is 5.02 Å². The van der Waals surface area contributed by atoms with Crippen LogP contribution < -0.4 is 14.9 Å². The molecule has 0 aliphatic rings. The van der Waals surface area contributed by atoms with Gasteiger partial charge in [0.25, 0.3) is 5.91 Å². The van der Waals surface area contributed by atoms with E-state index >= 15 is 0 Å². The van der Waals surface area contributed by atoms with Crippen molar-refractivity contribution in [2.75, 3.05) is 0 Å². The van der Waals surface area contributed by atoms with Crippen molar-refractivity contribution in [3.8, 4) is 11.5 Å². The van der Waals surface area contributed by atoms with E-state index in [1.54, 1.807) is 103 Å². The smallest absolute Gasteiger partial charge is 0.343 e. The minimum Gasteiger partial charge on any atom is -0.423 e. The van der Waals surface area contributed by atoms with Gasteiger partial charge < -0.3 is 9.47 Å². The Bertz CT molecular complexity index is 1500. The summed E-state index contributed by atoms with van der Waals surface area (Å²) in [7, 11) is 0. The molecule has 0 saturated carbocycles. The van der Waals surface area contributed by atoms with Gasteiger partial charge in [-0.25, -0.2) is 15.0 Å². The van der Waals surface area contributed by atoms with Gasteiger partial charge in [-0.3, -0.25) is 4.79 Å². The zero-order valence-corrected chi connectivity index (χ0v) is 20.7. The van der Waals surface area contributed by atoms with Crippen molar-refractivity contribution in [3.05, 3.63) is 136 Å². The van der Waals surface area contributed by atoms with E-state index < -0.39 is 17.8 Å². The highest BCUT2D eigenvalue weighted by Crippen LogP contribution is 2.22. The fourth-order valence-electron chi connectivity index (χ4n) is 3.25. The number of amides is 1. The van der Waals surface area contributed by atoms with Gasteiger partial charge in [-0.1, -0.05) is 60.1 Å². The number of ether oxygens (including phenoxy) is 2. The van der Waals surface area contributed by atoms with E-state index in [0.717, 1.165) is 0 Å². The van der Waals surface area contributed by atoms with Crippen molar-refractivity contribution >= 4 is 41.7 Å². The Balaban J connectivity index is 1.40. The summed E-state index contributed by atoms with van der Waals surface area (Å²) >= 11 is 5.84. The van der Waals surface area contributed by atoms with Crippen molar-refractivity contribution in [2.24, 2.45) is 5.10 Å². The van der Waals surface area contributed by atoms with Crippen LogP contribution in [0.15, 0.2) is 114 Å². The molecule has 0 aliphatic heterocycles. The number of halogens is 1. The summed E-state index contributed by atoms with van der Waals surface area (Å²) in [5.41, 5.74) is 4.22. The number of rotatable bonds is 8. The third kappa shape index (κ3) is 7.25. The molecule has 0 fully saturated rings. The minimum atomic E-state index is -0.653. The van der Waals surface area contributed by atoms with Crippen LogP contribution in [-0.4, -0.2) is 24.1 Å². The maximum absolute atomic E-state index is 12.5. The van der Waals surface area contributed by atoms with E-state index in [0.29, 0.717) is 33.0 Å². The van der Waals surface area contributed by atoms with Crippen LogP contribution >= 0.6 is 11.6 Å². The van der Waals surface area contributed by atoms with Gasteiger partial charge >= 0.3 is 11.9 Å². The number of nitrogens with zero attached hydrogens (tertiary/aromatic N) is 1. The first-order valence-electron chi connectivity index (χ1n) is 11.4. The van der Waals surface area contributed by atoms with Crippen LogP contribution in [0.1, 0.15) is 31.8 Å². The van der Waals surface area contributed by atoms with E-state index in [1.165, 1.54) is 18.4 Å². The van der Waals surface area contributed by atoms with E-state index in [2.05, 4.69) is 10.5 Å². The number of hydrazone groups is 1. The first kappa shape index (κ1) is 26.1. The molecule has 0 aromatic heterocycles. The van der Waals surface area contributed by atoms with Crippen LogP contribution in [-0.2, 0) is 4.79 Å². The van der Waals surface area contributed by atoms with Gasteiger partial charge in [0.1, 0.15) is 11.5 Å². The largest absolute Gasteiger partial charge is 0.423 e. The number of carbonyl (C=O) groups excluding carboxylic acids is 3. The monoisotopic (exact) mass is 524 g/mol. The van der Waals surface area contributed by atoms with E-state index in [4.69, 9.17) is 21.1 Å². The molecule has 7 nitrogen and oxygen atoms in total. The molecule has 4 aromatic rings. The molecule has 0 aliphatic carbocycles. The Morgan fingerprint density at radius 1 is 0.684 bits per heavy atom. The Morgan fingerprint density at radius 2 is 1.29 bits per heavy atom. The molecule has 1 amide bonds.